The van der Waals surface area contributed by atoms with Crippen LogP contribution in [0.15, 0.2) is 24.7 Å². The van der Waals surface area contributed by atoms with Crippen molar-refractivity contribution in [2.45, 2.75) is 38.9 Å². The van der Waals surface area contributed by atoms with Crippen molar-refractivity contribution in [1.82, 2.24) is 29.8 Å². The van der Waals surface area contributed by atoms with Crippen molar-refractivity contribution in [1.29, 1.82) is 0 Å². The van der Waals surface area contributed by atoms with E-state index in [1.807, 2.05) is 28.8 Å². The molecule has 126 valence electrons. The highest BCUT2D eigenvalue weighted by Crippen LogP contribution is 2.34. The average molecular weight is 316 g/mol. The molecule has 3 rings (SSSR count). The second kappa shape index (κ2) is 7.27. The van der Waals surface area contributed by atoms with Gasteiger partial charge in [-0.3, -0.25) is 14.3 Å². The van der Waals surface area contributed by atoms with E-state index in [1.165, 1.54) is 24.1 Å². The van der Waals surface area contributed by atoms with Gasteiger partial charge in [0.05, 0.1) is 17.9 Å². The minimum absolute atomic E-state index is 0.446. The smallest absolute Gasteiger partial charge is 0.0555 e. The number of hydrogen-bond donors (Lipinski definition) is 1. The van der Waals surface area contributed by atoms with Gasteiger partial charge in [0, 0.05) is 44.6 Å². The molecule has 1 aliphatic rings. The van der Waals surface area contributed by atoms with E-state index >= 15 is 0 Å². The normalized spacial score (nSPS) is 22.6. The number of rotatable bonds is 6. The van der Waals surface area contributed by atoms with Crippen LogP contribution in [0.1, 0.15) is 37.1 Å². The van der Waals surface area contributed by atoms with E-state index in [0.717, 1.165) is 26.2 Å². The molecule has 2 aromatic heterocycles. The van der Waals surface area contributed by atoms with Gasteiger partial charge in [0.15, 0.2) is 0 Å². The first-order valence-electron chi connectivity index (χ1n) is 8.59. The molecule has 23 heavy (non-hydrogen) atoms. The maximum atomic E-state index is 4.36. The molecule has 6 heteroatoms. The van der Waals surface area contributed by atoms with Gasteiger partial charge in [-0.05, 0) is 45.3 Å². The molecule has 1 aliphatic heterocycles. The second-order valence-electron chi connectivity index (χ2n) is 6.54. The molecule has 0 unspecified atom stereocenters. The maximum absolute atomic E-state index is 4.36. The second-order valence-corrected chi connectivity index (χ2v) is 6.54. The third kappa shape index (κ3) is 3.64. The van der Waals surface area contributed by atoms with Crippen molar-refractivity contribution in [2.75, 3.05) is 20.1 Å². The lowest BCUT2D eigenvalue weighted by Gasteiger charge is -2.39. The van der Waals surface area contributed by atoms with E-state index in [4.69, 9.17) is 0 Å². The predicted molar refractivity (Wildman–Crippen MR) is 90.9 cm³/mol. The van der Waals surface area contributed by atoms with Crippen LogP contribution in [0.2, 0.25) is 0 Å². The van der Waals surface area contributed by atoms with E-state index in [9.17, 15) is 0 Å². The van der Waals surface area contributed by atoms with Crippen LogP contribution in [-0.4, -0.2) is 44.6 Å². The first-order valence-corrected chi connectivity index (χ1v) is 8.59. The van der Waals surface area contributed by atoms with Crippen molar-refractivity contribution < 1.29 is 0 Å². The van der Waals surface area contributed by atoms with Crippen molar-refractivity contribution >= 4 is 0 Å². The molecule has 1 saturated heterocycles. The summed E-state index contributed by atoms with van der Waals surface area (Å²) in [5, 5.41) is 12.3. The molecule has 0 spiro atoms. The van der Waals surface area contributed by atoms with Crippen LogP contribution in [0, 0.1) is 5.92 Å². The fourth-order valence-electron chi connectivity index (χ4n) is 3.69. The lowest BCUT2D eigenvalue weighted by Crippen LogP contribution is -2.41. The van der Waals surface area contributed by atoms with Gasteiger partial charge >= 0.3 is 0 Å². The summed E-state index contributed by atoms with van der Waals surface area (Å²) in [5.74, 6) is 0.616. The molecule has 2 aromatic rings. The van der Waals surface area contributed by atoms with Crippen LogP contribution in [0.25, 0.3) is 0 Å². The third-order valence-electron chi connectivity index (χ3n) is 4.92. The third-order valence-corrected chi connectivity index (χ3v) is 4.92. The number of hydrogen-bond acceptors (Lipinski definition) is 4. The van der Waals surface area contributed by atoms with E-state index in [1.54, 1.807) is 0 Å². The van der Waals surface area contributed by atoms with Crippen LogP contribution in [0.4, 0.5) is 0 Å². The van der Waals surface area contributed by atoms with Gasteiger partial charge in [-0.15, -0.1) is 0 Å². The molecular weight excluding hydrogens is 288 g/mol. The Labute approximate surface area is 138 Å². The molecule has 3 heterocycles. The van der Waals surface area contributed by atoms with Crippen molar-refractivity contribution in [3.8, 4) is 0 Å². The van der Waals surface area contributed by atoms with Gasteiger partial charge < -0.3 is 5.32 Å². The summed E-state index contributed by atoms with van der Waals surface area (Å²) < 4.78 is 3.99. The van der Waals surface area contributed by atoms with E-state index in [0.29, 0.717) is 12.0 Å². The van der Waals surface area contributed by atoms with Gasteiger partial charge in [-0.1, -0.05) is 0 Å². The number of nitrogens with zero attached hydrogens (tertiary/aromatic N) is 5. The van der Waals surface area contributed by atoms with Gasteiger partial charge in [0.25, 0.3) is 0 Å². The minimum atomic E-state index is 0.446. The van der Waals surface area contributed by atoms with Crippen LogP contribution >= 0.6 is 0 Å². The van der Waals surface area contributed by atoms with Crippen molar-refractivity contribution in [3.05, 3.63) is 35.9 Å². The SMILES string of the molecule is CCn1cc(CNC[C@@H]2CCCN(C)[C@H]2c2ccnn2C)cn1. The Kier molecular flexibility index (Phi) is 5.13. The van der Waals surface area contributed by atoms with Gasteiger partial charge in [-0.2, -0.15) is 10.2 Å². The number of aryl methyl sites for hydroxylation is 2. The summed E-state index contributed by atoms with van der Waals surface area (Å²) in [6.07, 6.45) is 8.52. The van der Waals surface area contributed by atoms with Crippen LogP contribution in [-0.2, 0) is 20.1 Å². The minimum Gasteiger partial charge on any atom is -0.312 e. The topological polar surface area (TPSA) is 50.9 Å². The first-order chi connectivity index (χ1) is 11.2. The van der Waals surface area contributed by atoms with Crippen LogP contribution in [0.3, 0.4) is 0 Å². The number of likely N-dealkylation sites (tertiary alicyclic amines) is 1. The molecule has 0 amide bonds. The molecule has 0 radical (unpaired) electrons. The van der Waals surface area contributed by atoms with Crippen LogP contribution in [0.5, 0.6) is 0 Å². The molecule has 0 aromatic carbocycles. The standard InChI is InChI=1S/C17H28N6/c1-4-23-13-14(11-20-23)10-18-12-15-6-5-9-21(2)17(15)16-7-8-19-22(16)3/h7-8,11,13,15,17-18H,4-6,9-10,12H2,1-3H3/t15-,17+/m0/s1. The zero-order valence-electron chi connectivity index (χ0n) is 14.4. The summed E-state index contributed by atoms with van der Waals surface area (Å²) in [6.45, 7) is 6.11. The highest BCUT2D eigenvalue weighted by Gasteiger charge is 2.31. The van der Waals surface area contributed by atoms with E-state index in [-0.39, 0.29) is 0 Å². The van der Waals surface area contributed by atoms with E-state index in [2.05, 4.69) is 46.6 Å². The molecule has 1 N–H and O–H groups in total. The monoisotopic (exact) mass is 316 g/mol. The Morgan fingerprint density at radius 2 is 2.17 bits per heavy atom. The fourth-order valence-corrected chi connectivity index (χ4v) is 3.69. The maximum Gasteiger partial charge on any atom is 0.0555 e. The summed E-state index contributed by atoms with van der Waals surface area (Å²) >= 11 is 0. The number of piperidine rings is 1. The lowest BCUT2D eigenvalue weighted by atomic mass is 9.87. The predicted octanol–water partition coefficient (Wildman–Crippen LogP) is 1.81. The Morgan fingerprint density at radius 3 is 2.87 bits per heavy atom. The highest BCUT2D eigenvalue weighted by molar-refractivity contribution is 5.10. The Morgan fingerprint density at radius 1 is 1.30 bits per heavy atom. The summed E-state index contributed by atoms with van der Waals surface area (Å²) in [4.78, 5) is 2.47. The van der Waals surface area contributed by atoms with Gasteiger partial charge in [0.1, 0.15) is 0 Å². The number of aromatic nitrogens is 4. The molecule has 2 atom stereocenters. The largest absolute Gasteiger partial charge is 0.312 e. The molecule has 1 fully saturated rings. The Balaban J connectivity index is 1.61. The first kappa shape index (κ1) is 16.2. The summed E-state index contributed by atoms with van der Waals surface area (Å²) in [5.41, 5.74) is 2.57. The zero-order valence-corrected chi connectivity index (χ0v) is 14.4. The molecule has 0 saturated carbocycles. The quantitative estimate of drug-likeness (QED) is 0.883. The molecule has 0 bridgehead atoms. The molecule has 0 aliphatic carbocycles. The Bertz CT molecular complexity index is 616. The van der Waals surface area contributed by atoms with Gasteiger partial charge in [-0.25, -0.2) is 0 Å². The molecular formula is C17H28N6. The van der Waals surface area contributed by atoms with E-state index < -0.39 is 0 Å². The lowest BCUT2D eigenvalue weighted by molar-refractivity contribution is 0.113. The average Bonchev–Trinajstić information content (AvgIpc) is 3.17. The number of nitrogens with one attached hydrogen (secondary N) is 1. The molecule has 6 nitrogen and oxygen atoms in total. The van der Waals surface area contributed by atoms with Crippen molar-refractivity contribution in [2.24, 2.45) is 13.0 Å². The zero-order chi connectivity index (χ0) is 16.2. The highest BCUT2D eigenvalue weighted by atomic mass is 15.3. The fraction of sp³-hybridized carbons (Fsp3) is 0.647. The van der Waals surface area contributed by atoms with Crippen LogP contribution < -0.4 is 5.32 Å². The van der Waals surface area contributed by atoms with Gasteiger partial charge in [0.2, 0.25) is 0 Å². The Hall–Kier alpha value is -1.66. The summed E-state index contributed by atoms with van der Waals surface area (Å²) in [7, 11) is 4.27. The summed E-state index contributed by atoms with van der Waals surface area (Å²) in [6, 6.07) is 2.60. The van der Waals surface area contributed by atoms with Crippen molar-refractivity contribution in [3.63, 3.8) is 0 Å².